The molecule has 2 rings (SSSR count). The molecule has 0 bridgehead atoms. The molecule has 0 radical (unpaired) electrons. The van der Waals surface area contributed by atoms with E-state index >= 15 is 0 Å². The number of hydrogen-bond acceptors (Lipinski definition) is 1. The van der Waals surface area contributed by atoms with E-state index in [4.69, 9.17) is 5.73 Å². The van der Waals surface area contributed by atoms with Crippen LogP contribution >= 0.6 is 12.4 Å². The third kappa shape index (κ3) is 2.96. The molecule has 1 aliphatic carbocycles. The molecule has 0 aliphatic heterocycles. The normalized spacial score (nSPS) is 18.5. The van der Waals surface area contributed by atoms with Crippen molar-refractivity contribution in [3.8, 4) is 0 Å². The minimum atomic E-state index is 0. The van der Waals surface area contributed by atoms with Crippen LogP contribution in [0, 0.1) is 12.8 Å². The van der Waals surface area contributed by atoms with Crippen molar-refractivity contribution in [2.45, 2.75) is 38.6 Å². The summed E-state index contributed by atoms with van der Waals surface area (Å²) >= 11 is 0. The molecule has 1 nitrogen and oxygen atoms in total. The van der Waals surface area contributed by atoms with Gasteiger partial charge in [0.15, 0.2) is 0 Å². The summed E-state index contributed by atoms with van der Waals surface area (Å²) in [6, 6.07) is 8.89. The molecule has 0 aromatic heterocycles. The van der Waals surface area contributed by atoms with Gasteiger partial charge in [0, 0.05) is 6.04 Å². The molecule has 2 heteroatoms. The van der Waals surface area contributed by atoms with Crippen LogP contribution in [-0.4, -0.2) is 0 Å². The van der Waals surface area contributed by atoms with Crippen LogP contribution < -0.4 is 5.73 Å². The van der Waals surface area contributed by atoms with E-state index in [9.17, 15) is 0 Å². The van der Waals surface area contributed by atoms with E-state index in [1.807, 2.05) is 0 Å². The summed E-state index contributed by atoms with van der Waals surface area (Å²) in [6.07, 6.45) is 5.36. The van der Waals surface area contributed by atoms with Crippen LogP contribution in [0.25, 0.3) is 0 Å². The number of hydrogen-bond donors (Lipinski definition) is 1. The molecule has 84 valence electrons. The Kier molecular flexibility index (Phi) is 4.62. The maximum absolute atomic E-state index is 6.27. The Balaban J connectivity index is 0.00000112. The summed E-state index contributed by atoms with van der Waals surface area (Å²) in [5.41, 5.74) is 8.90. The summed E-state index contributed by atoms with van der Waals surface area (Å²) < 4.78 is 0. The summed E-state index contributed by atoms with van der Waals surface area (Å²) in [5.74, 6) is 0.719. The Morgan fingerprint density at radius 2 is 1.93 bits per heavy atom. The fourth-order valence-corrected chi connectivity index (χ4v) is 2.47. The van der Waals surface area contributed by atoms with E-state index in [0.29, 0.717) is 0 Å². The second kappa shape index (κ2) is 5.53. The zero-order valence-corrected chi connectivity index (χ0v) is 10.1. The van der Waals surface area contributed by atoms with E-state index in [2.05, 4.69) is 31.2 Å². The topological polar surface area (TPSA) is 26.0 Å². The van der Waals surface area contributed by atoms with Gasteiger partial charge in [0.1, 0.15) is 0 Å². The predicted molar refractivity (Wildman–Crippen MR) is 67.3 cm³/mol. The predicted octanol–water partition coefficient (Wildman–Crippen LogP) is 3.61. The van der Waals surface area contributed by atoms with Gasteiger partial charge >= 0.3 is 0 Å². The van der Waals surface area contributed by atoms with Gasteiger partial charge in [-0.05, 0) is 31.2 Å². The van der Waals surface area contributed by atoms with Gasteiger partial charge in [-0.25, -0.2) is 0 Å². The summed E-state index contributed by atoms with van der Waals surface area (Å²) in [7, 11) is 0. The molecule has 0 heterocycles. The lowest BCUT2D eigenvalue weighted by atomic mass is 9.92. The van der Waals surface area contributed by atoms with Crippen LogP contribution in [0.3, 0.4) is 0 Å². The highest BCUT2D eigenvalue weighted by molar-refractivity contribution is 5.85. The van der Waals surface area contributed by atoms with Crippen molar-refractivity contribution in [2.24, 2.45) is 11.7 Å². The Hall–Kier alpha value is -0.530. The average Bonchev–Trinajstić information content (AvgIpc) is 2.69. The maximum Gasteiger partial charge on any atom is 0.0323 e. The standard InChI is InChI=1S/C13H19N.ClH/c1-10-5-4-8-12(9-10)13(14)11-6-2-3-7-11;/h4-5,8-9,11,13H,2-3,6-7,14H2,1H3;1H/t13-;/m1./s1. The van der Waals surface area contributed by atoms with Crippen molar-refractivity contribution in [1.82, 2.24) is 0 Å². The van der Waals surface area contributed by atoms with Crippen LogP contribution in [0.5, 0.6) is 0 Å². The zero-order valence-electron chi connectivity index (χ0n) is 9.28. The lowest BCUT2D eigenvalue weighted by Crippen LogP contribution is -2.19. The first-order chi connectivity index (χ1) is 6.77. The highest BCUT2D eigenvalue weighted by Crippen LogP contribution is 2.34. The maximum atomic E-state index is 6.27. The first-order valence-electron chi connectivity index (χ1n) is 5.59. The van der Waals surface area contributed by atoms with E-state index in [1.54, 1.807) is 0 Å². The molecule has 1 aliphatic rings. The van der Waals surface area contributed by atoms with Crippen LogP contribution in [-0.2, 0) is 0 Å². The van der Waals surface area contributed by atoms with Crippen molar-refractivity contribution in [3.63, 3.8) is 0 Å². The highest BCUT2D eigenvalue weighted by atomic mass is 35.5. The van der Waals surface area contributed by atoms with Gasteiger partial charge in [-0.2, -0.15) is 0 Å². The monoisotopic (exact) mass is 225 g/mol. The molecular weight excluding hydrogens is 206 g/mol. The van der Waals surface area contributed by atoms with E-state index in [0.717, 1.165) is 5.92 Å². The number of aryl methyl sites for hydroxylation is 1. The van der Waals surface area contributed by atoms with Crippen LogP contribution in [0.15, 0.2) is 24.3 Å². The summed E-state index contributed by atoms with van der Waals surface area (Å²) in [5, 5.41) is 0. The number of rotatable bonds is 2. The van der Waals surface area contributed by atoms with Gasteiger partial charge in [-0.3, -0.25) is 0 Å². The van der Waals surface area contributed by atoms with E-state index in [1.165, 1.54) is 36.8 Å². The fourth-order valence-electron chi connectivity index (χ4n) is 2.47. The average molecular weight is 226 g/mol. The first kappa shape index (κ1) is 12.5. The molecule has 0 saturated heterocycles. The minimum Gasteiger partial charge on any atom is -0.324 e. The van der Waals surface area contributed by atoms with Crippen LogP contribution in [0.2, 0.25) is 0 Å². The van der Waals surface area contributed by atoms with Crippen molar-refractivity contribution in [3.05, 3.63) is 35.4 Å². The first-order valence-corrected chi connectivity index (χ1v) is 5.59. The van der Waals surface area contributed by atoms with Crippen molar-refractivity contribution in [1.29, 1.82) is 0 Å². The van der Waals surface area contributed by atoms with Crippen LogP contribution in [0.1, 0.15) is 42.9 Å². The molecule has 0 unspecified atom stereocenters. The lowest BCUT2D eigenvalue weighted by Gasteiger charge is -2.19. The largest absolute Gasteiger partial charge is 0.324 e. The molecule has 1 atom stereocenters. The molecule has 1 fully saturated rings. The van der Waals surface area contributed by atoms with E-state index < -0.39 is 0 Å². The van der Waals surface area contributed by atoms with Gasteiger partial charge in [-0.15, -0.1) is 12.4 Å². The molecule has 1 aromatic rings. The number of halogens is 1. The minimum absolute atomic E-state index is 0. The second-order valence-electron chi connectivity index (χ2n) is 4.48. The SMILES string of the molecule is Cc1cccc([C@H](N)C2CCCC2)c1.Cl. The Labute approximate surface area is 98.5 Å². The Morgan fingerprint density at radius 1 is 1.27 bits per heavy atom. The summed E-state index contributed by atoms with van der Waals surface area (Å²) in [4.78, 5) is 0. The lowest BCUT2D eigenvalue weighted by molar-refractivity contribution is 0.445. The Bertz CT molecular complexity index is 305. The highest BCUT2D eigenvalue weighted by Gasteiger charge is 2.22. The Morgan fingerprint density at radius 3 is 2.53 bits per heavy atom. The second-order valence-corrected chi connectivity index (χ2v) is 4.48. The van der Waals surface area contributed by atoms with Crippen molar-refractivity contribution < 1.29 is 0 Å². The molecule has 2 N–H and O–H groups in total. The van der Waals surface area contributed by atoms with Gasteiger partial charge < -0.3 is 5.73 Å². The summed E-state index contributed by atoms with van der Waals surface area (Å²) in [6.45, 7) is 2.13. The smallest absolute Gasteiger partial charge is 0.0323 e. The van der Waals surface area contributed by atoms with Crippen molar-refractivity contribution in [2.75, 3.05) is 0 Å². The number of nitrogens with two attached hydrogens (primary N) is 1. The van der Waals surface area contributed by atoms with Crippen LogP contribution in [0.4, 0.5) is 0 Å². The molecule has 0 amide bonds. The van der Waals surface area contributed by atoms with Gasteiger partial charge in [0.05, 0.1) is 0 Å². The van der Waals surface area contributed by atoms with Gasteiger partial charge in [0.25, 0.3) is 0 Å². The molecule has 0 spiro atoms. The molecular formula is C13H20ClN. The third-order valence-electron chi connectivity index (χ3n) is 3.33. The van der Waals surface area contributed by atoms with Crippen molar-refractivity contribution >= 4 is 12.4 Å². The van der Waals surface area contributed by atoms with Gasteiger partial charge in [-0.1, -0.05) is 42.7 Å². The van der Waals surface area contributed by atoms with Gasteiger partial charge in [0.2, 0.25) is 0 Å². The molecule has 1 aromatic carbocycles. The third-order valence-corrected chi connectivity index (χ3v) is 3.33. The fraction of sp³-hybridized carbons (Fsp3) is 0.538. The molecule has 1 saturated carbocycles. The molecule has 15 heavy (non-hydrogen) atoms. The van der Waals surface area contributed by atoms with E-state index in [-0.39, 0.29) is 18.4 Å². The zero-order chi connectivity index (χ0) is 9.97. The number of benzene rings is 1. The quantitative estimate of drug-likeness (QED) is 0.818.